The van der Waals surface area contributed by atoms with Gasteiger partial charge in [-0.3, -0.25) is 0 Å². The van der Waals surface area contributed by atoms with Crippen molar-refractivity contribution >= 4 is 98.1 Å². The van der Waals surface area contributed by atoms with Gasteiger partial charge in [-0.2, -0.15) is 0 Å². The van der Waals surface area contributed by atoms with E-state index in [1.165, 1.54) is 165 Å². The maximum atomic E-state index is 6.50. The third-order valence-electron chi connectivity index (χ3n) is 19.9. The van der Waals surface area contributed by atoms with E-state index >= 15 is 0 Å². The highest BCUT2D eigenvalue weighted by molar-refractivity contribution is 6.22. The van der Waals surface area contributed by atoms with E-state index in [2.05, 4.69) is 350 Å². The lowest BCUT2D eigenvalue weighted by Crippen LogP contribution is -2.31. The molecule has 0 fully saturated rings. The molecule has 0 aliphatic heterocycles. The topological polar surface area (TPSA) is 51.1 Å². The molecule has 0 radical (unpaired) electrons. The van der Waals surface area contributed by atoms with Crippen LogP contribution in [0.4, 0.5) is 0 Å². The van der Waals surface area contributed by atoms with Gasteiger partial charge in [-0.25, -0.2) is 13.7 Å². The van der Waals surface area contributed by atoms with Crippen molar-refractivity contribution in [2.24, 2.45) is 21.1 Å². The SMILES string of the molecule is Cc1c(-c2cc(-c3ccccc3)cc[n+]2C)ccc2c1oc1ccc3ccccc3c12.Cc1c[n+](C)c(-c2ccc3c(oc4cc(C)c5ccccc5c43)c2C)cc1-c1ccccc1.Cc1c[n+](C)c(-c2ccc3c(oc4ccc5ccccc5c43)c2C)cc1-c1ccccc1. The summed E-state index contributed by atoms with van der Waals surface area (Å²) in [7, 11) is 6.34. The maximum Gasteiger partial charge on any atom is 0.213 e. The summed E-state index contributed by atoms with van der Waals surface area (Å²) >= 11 is 0. The van der Waals surface area contributed by atoms with Crippen LogP contribution >= 0.6 is 0 Å². The molecule has 18 rings (SSSR count). The fourth-order valence-electron chi connectivity index (χ4n) is 14.9. The van der Waals surface area contributed by atoms with E-state index in [0.29, 0.717) is 0 Å². The summed E-state index contributed by atoms with van der Waals surface area (Å²) in [6, 6.07) is 90.4. The van der Waals surface area contributed by atoms with Gasteiger partial charge >= 0.3 is 0 Å². The van der Waals surface area contributed by atoms with Gasteiger partial charge in [-0.1, -0.05) is 176 Å². The number of nitrogens with zero attached hydrogens (tertiary/aromatic N) is 3. The lowest BCUT2D eigenvalue weighted by molar-refractivity contribution is -0.660. The second-order valence-corrected chi connectivity index (χ2v) is 25.8. The molecular formula is C90H72N3O3+3. The van der Waals surface area contributed by atoms with Gasteiger partial charge in [0.25, 0.3) is 0 Å². The van der Waals surface area contributed by atoms with Crippen LogP contribution in [0.25, 0.3) is 165 Å². The fraction of sp³-hybridized carbons (Fsp3) is 0.100. The summed E-state index contributed by atoms with van der Waals surface area (Å²) in [5.41, 5.74) is 27.6. The van der Waals surface area contributed by atoms with Gasteiger partial charge < -0.3 is 13.3 Å². The van der Waals surface area contributed by atoms with Crippen LogP contribution in [0.15, 0.2) is 287 Å². The van der Waals surface area contributed by atoms with Crippen molar-refractivity contribution in [1.29, 1.82) is 0 Å². The van der Waals surface area contributed by atoms with Crippen LogP contribution in [0.1, 0.15) is 33.4 Å². The van der Waals surface area contributed by atoms with E-state index in [0.717, 1.165) is 33.5 Å². The van der Waals surface area contributed by atoms with E-state index in [-0.39, 0.29) is 0 Å². The number of aromatic nitrogens is 3. The third kappa shape index (κ3) is 10.2. The van der Waals surface area contributed by atoms with Crippen molar-refractivity contribution in [3.05, 3.63) is 307 Å². The number of aryl methyl sites for hydroxylation is 9. The highest BCUT2D eigenvalue weighted by Gasteiger charge is 2.25. The van der Waals surface area contributed by atoms with E-state index in [1.807, 2.05) is 0 Å². The molecule has 462 valence electrons. The maximum absolute atomic E-state index is 6.50. The zero-order valence-corrected chi connectivity index (χ0v) is 55.5. The zero-order valence-electron chi connectivity index (χ0n) is 55.5. The lowest BCUT2D eigenvalue weighted by Gasteiger charge is -2.10. The smallest absolute Gasteiger partial charge is 0.213 e. The summed E-state index contributed by atoms with van der Waals surface area (Å²) in [6.45, 7) is 13.0. The Hall–Kier alpha value is -11.7. The quantitative estimate of drug-likeness (QED) is 0.156. The van der Waals surface area contributed by atoms with Crippen LogP contribution in [0.3, 0.4) is 0 Å². The molecule has 0 saturated heterocycles. The summed E-state index contributed by atoms with van der Waals surface area (Å²) in [4.78, 5) is 0. The first kappa shape index (κ1) is 59.3. The summed E-state index contributed by atoms with van der Waals surface area (Å²) in [5.74, 6) is 0. The van der Waals surface area contributed by atoms with Gasteiger partial charge in [0, 0.05) is 84.4 Å². The molecular weight excluding hydrogens is 1170 g/mol. The standard InChI is InChI=1S/C31H26NO.C30H24NO.C29H22NO/c1-19-16-29-30(25-13-9-8-12-23(19)25)26-15-14-24(21(3)31(26)33-29)28-17-27(20(2)18-32(28)4)22-10-6-5-7-11-22;1-19-18-31(3)27(17-26(19)21-9-5-4-6-10-21)23-14-15-25-29-24-12-8-7-11-22(24)13-16-28(29)32-30(25)20(23)2;1-19-23(26-18-22(16-17-30(26)2)20-8-4-3-5-9-20)13-14-25-28-24-11-7-6-10-21(24)12-15-27(28)31-29(19)25/h5-18H,1-4H3;4-18H,1-3H3;3-18H,1-2H3/q3*+1. The predicted molar refractivity (Wildman–Crippen MR) is 398 cm³/mol. The first-order valence-electron chi connectivity index (χ1n) is 33.0. The molecule has 0 aliphatic rings. The number of pyridine rings is 3. The number of hydrogen-bond acceptors (Lipinski definition) is 3. The van der Waals surface area contributed by atoms with Gasteiger partial charge in [0.05, 0.1) is 16.7 Å². The summed E-state index contributed by atoms with van der Waals surface area (Å²) in [5, 5.41) is 14.6. The largest absolute Gasteiger partial charge is 0.456 e. The van der Waals surface area contributed by atoms with Crippen LogP contribution in [0, 0.1) is 41.5 Å². The van der Waals surface area contributed by atoms with Crippen LogP contribution < -0.4 is 13.7 Å². The van der Waals surface area contributed by atoms with Gasteiger partial charge in [0.1, 0.15) is 54.6 Å². The molecule has 0 unspecified atom stereocenters. The molecule has 0 spiro atoms. The zero-order chi connectivity index (χ0) is 65.5. The molecule has 6 aromatic heterocycles. The van der Waals surface area contributed by atoms with E-state index < -0.39 is 0 Å². The fourth-order valence-corrected chi connectivity index (χ4v) is 14.9. The lowest BCUT2D eigenvalue weighted by atomic mass is 9.95. The van der Waals surface area contributed by atoms with E-state index in [9.17, 15) is 0 Å². The molecule has 0 N–H and O–H groups in total. The average molecular weight is 1240 g/mol. The van der Waals surface area contributed by atoms with Crippen molar-refractivity contribution in [1.82, 2.24) is 0 Å². The molecule has 0 amide bonds. The average Bonchev–Trinajstić information content (AvgIpc) is 1.58. The van der Waals surface area contributed by atoms with Gasteiger partial charge in [0.15, 0.2) is 18.6 Å². The first-order chi connectivity index (χ1) is 46.8. The Morgan fingerprint density at radius 1 is 0.250 bits per heavy atom. The van der Waals surface area contributed by atoms with Crippen molar-refractivity contribution < 1.29 is 27.0 Å². The Balaban J connectivity index is 0.000000113. The van der Waals surface area contributed by atoms with Crippen LogP contribution in [-0.2, 0) is 21.1 Å². The molecule has 6 heterocycles. The van der Waals surface area contributed by atoms with Gasteiger partial charge in [0.2, 0.25) is 17.1 Å². The Labute approximate surface area is 558 Å². The van der Waals surface area contributed by atoms with Crippen LogP contribution in [0.2, 0.25) is 0 Å². The highest BCUT2D eigenvalue weighted by Crippen LogP contribution is 2.44. The second kappa shape index (κ2) is 24.0. The van der Waals surface area contributed by atoms with Crippen molar-refractivity contribution in [3.8, 4) is 67.2 Å². The number of hydrogen-bond donors (Lipinski definition) is 0. The molecule has 96 heavy (non-hydrogen) atoms. The Kier molecular flexibility index (Phi) is 14.8. The molecule has 12 aromatic carbocycles. The monoisotopic (exact) mass is 1240 g/mol. The van der Waals surface area contributed by atoms with Crippen molar-refractivity contribution in [2.45, 2.75) is 41.5 Å². The highest BCUT2D eigenvalue weighted by atomic mass is 16.3. The van der Waals surface area contributed by atoms with Crippen molar-refractivity contribution in [3.63, 3.8) is 0 Å². The third-order valence-corrected chi connectivity index (χ3v) is 19.9. The molecule has 0 saturated carbocycles. The molecule has 6 nitrogen and oxygen atoms in total. The second-order valence-electron chi connectivity index (χ2n) is 25.8. The summed E-state index contributed by atoms with van der Waals surface area (Å²) in [6.07, 6.45) is 6.57. The minimum atomic E-state index is 0.941. The Morgan fingerprint density at radius 2 is 0.625 bits per heavy atom. The number of benzene rings is 12. The molecule has 0 bridgehead atoms. The number of furan rings is 3. The number of fused-ring (bicyclic) bond motifs is 15. The van der Waals surface area contributed by atoms with E-state index in [1.54, 1.807) is 0 Å². The minimum Gasteiger partial charge on any atom is -0.456 e. The summed E-state index contributed by atoms with van der Waals surface area (Å²) < 4.78 is 25.9. The van der Waals surface area contributed by atoms with E-state index in [4.69, 9.17) is 13.3 Å². The molecule has 18 aromatic rings. The minimum absolute atomic E-state index is 0.941. The molecule has 6 heteroatoms. The van der Waals surface area contributed by atoms with Gasteiger partial charge in [-0.05, 0) is 167 Å². The van der Waals surface area contributed by atoms with Crippen LogP contribution in [-0.4, -0.2) is 0 Å². The Bertz CT molecular complexity index is 6110. The first-order valence-corrected chi connectivity index (χ1v) is 33.0. The van der Waals surface area contributed by atoms with Crippen LogP contribution in [0.5, 0.6) is 0 Å². The molecule has 0 atom stereocenters. The normalized spacial score (nSPS) is 11.6. The molecule has 0 aliphatic carbocycles. The Morgan fingerprint density at radius 3 is 1.08 bits per heavy atom. The van der Waals surface area contributed by atoms with Crippen molar-refractivity contribution in [2.75, 3.05) is 0 Å². The van der Waals surface area contributed by atoms with Gasteiger partial charge in [-0.15, -0.1) is 0 Å². The predicted octanol–water partition coefficient (Wildman–Crippen LogP) is 22.5. The number of rotatable bonds is 6.